The predicted molar refractivity (Wildman–Crippen MR) is 38.3 cm³/mol. The van der Waals surface area contributed by atoms with Gasteiger partial charge in [-0.2, -0.15) is 0 Å². The van der Waals surface area contributed by atoms with E-state index in [-0.39, 0.29) is 6.61 Å². The number of aliphatic hydroxyl groups is 2. The van der Waals surface area contributed by atoms with Gasteiger partial charge < -0.3 is 19.7 Å². The van der Waals surface area contributed by atoms with Gasteiger partial charge in [-0.1, -0.05) is 0 Å². The highest BCUT2D eigenvalue weighted by Crippen LogP contribution is 2.22. The largest absolute Gasteiger partial charge is 0.393 e. The molecule has 66 valence electrons. The maximum atomic E-state index is 9.68. The Hall–Kier alpha value is -0.160. The van der Waals surface area contributed by atoms with Crippen molar-refractivity contribution in [2.45, 2.75) is 18.1 Å². The van der Waals surface area contributed by atoms with Crippen LogP contribution in [0.4, 0.5) is 0 Å². The number of hydrogen-bond donors (Lipinski definition) is 2. The van der Waals surface area contributed by atoms with Gasteiger partial charge in [0.05, 0.1) is 13.2 Å². The van der Waals surface area contributed by atoms with Gasteiger partial charge in [0.15, 0.2) is 0 Å². The summed E-state index contributed by atoms with van der Waals surface area (Å²) in [5.74, 6) is 0. The Labute approximate surface area is 65.7 Å². The molecule has 1 heterocycles. The summed E-state index contributed by atoms with van der Waals surface area (Å²) in [5.41, 5.74) is -1.10. The summed E-state index contributed by atoms with van der Waals surface area (Å²) in [6, 6.07) is 0. The number of rotatable bonds is 2. The molecule has 0 bridgehead atoms. The molecule has 0 saturated carbocycles. The van der Waals surface area contributed by atoms with Crippen LogP contribution in [0.3, 0.4) is 0 Å². The lowest BCUT2D eigenvalue weighted by molar-refractivity contribution is -0.180. The van der Waals surface area contributed by atoms with Crippen LogP contribution in [-0.4, -0.2) is 48.8 Å². The first kappa shape index (κ1) is 8.93. The van der Waals surface area contributed by atoms with Crippen molar-refractivity contribution in [2.75, 3.05) is 26.9 Å². The molecule has 0 aromatic carbocycles. The van der Waals surface area contributed by atoms with Crippen LogP contribution in [0.15, 0.2) is 0 Å². The van der Waals surface area contributed by atoms with Gasteiger partial charge in [-0.05, 0) is 0 Å². The Morgan fingerprint density at radius 1 is 1.73 bits per heavy atom. The molecule has 2 N–H and O–H groups in total. The molecule has 4 heteroatoms. The lowest BCUT2D eigenvalue weighted by Crippen LogP contribution is -2.53. The smallest absolute Gasteiger partial charge is 0.118 e. The fourth-order valence-electron chi connectivity index (χ4n) is 1.22. The molecule has 0 aromatic rings. The molecular weight excluding hydrogens is 148 g/mol. The van der Waals surface area contributed by atoms with Gasteiger partial charge in [0, 0.05) is 20.1 Å². The Morgan fingerprint density at radius 3 is 2.91 bits per heavy atom. The van der Waals surface area contributed by atoms with E-state index in [4.69, 9.17) is 14.6 Å². The molecule has 0 spiro atoms. The Morgan fingerprint density at radius 2 is 2.45 bits per heavy atom. The first-order chi connectivity index (χ1) is 5.23. The van der Waals surface area contributed by atoms with Gasteiger partial charge in [-0.3, -0.25) is 0 Å². The van der Waals surface area contributed by atoms with Gasteiger partial charge in [-0.25, -0.2) is 0 Å². The minimum Gasteiger partial charge on any atom is -0.393 e. The van der Waals surface area contributed by atoms with E-state index in [9.17, 15) is 5.11 Å². The zero-order valence-corrected chi connectivity index (χ0v) is 6.62. The summed E-state index contributed by atoms with van der Waals surface area (Å²) in [6.07, 6.45) is 0.0309. The van der Waals surface area contributed by atoms with Crippen molar-refractivity contribution >= 4 is 0 Å². The molecule has 2 atom stereocenters. The van der Waals surface area contributed by atoms with E-state index in [0.29, 0.717) is 19.6 Å². The molecule has 1 aliphatic heterocycles. The molecular formula is C7H14O4. The summed E-state index contributed by atoms with van der Waals surface area (Å²) >= 11 is 0. The molecule has 1 fully saturated rings. The highest BCUT2D eigenvalue weighted by molar-refractivity contribution is 4.89. The van der Waals surface area contributed by atoms with Crippen LogP contribution in [0.25, 0.3) is 0 Å². The average Bonchev–Trinajstić information content (AvgIpc) is 2.05. The maximum Gasteiger partial charge on any atom is 0.118 e. The summed E-state index contributed by atoms with van der Waals surface area (Å²) < 4.78 is 10.0. The number of methoxy groups -OCH3 is 1. The molecule has 1 aliphatic rings. The maximum absolute atomic E-state index is 9.68. The van der Waals surface area contributed by atoms with Crippen molar-refractivity contribution in [3.8, 4) is 0 Å². The van der Waals surface area contributed by atoms with Gasteiger partial charge in [0.25, 0.3) is 0 Å². The molecule has 0 radical (unpaired) electrons. The lowest BCUT2D eigenvalue weighted by Gasteiger charge is -2.37. The standard InChI is InChI=1S/C7H14O4/c1-10-6-4-11-3-2-7(6,9)5-8/h6,8-9H,2-5H2,1H3. The predicted octanol–water partition coefficient (Wildman–Crippen LogP) is -0.855. The summed E-state index contributed by atoms with van der Waals surface area (Å²) in [6.45, 7) is 0.569. The van der Waals surface area contributed by atoms with Crippen molar-refractivity contribution in [3.63, 3.8) is 0 Å². The minimum absolute atomic E-state index is 0.269. The molecule has 4 nitrogen and oxygen atoms in total. The van der Waals surface area contributed by atoms with Crippen LogP contribution in [-0.2, 0) is 9.47 Å². The molecule has 1 rings (SSSR count). The summed E-state index contributed by atoms with van der Waals surface area (Å²) in [7, 11) is 1.50. The van der Waals surface area contributed by atoms with Crippen LogP contribution in [0.1, 0.15) is 6.42 Å². The number of hydrogen-bond acceptors (Lipinski definition) is 4. The fraction of sp³-hybridized carbons (Fsp3) is 1.00. The number of aliphatic hydroxyl groups excluding tert-OH is 1. The fourth-order valence-corrected chi connectivity index (χ4v) is 1.22. The zero-order chi connectivity index (χ0) is 8.32. The molecule has 1 saturated heterocycles. The van der Waals surface area contributed by atoms with Crippen molar-refractivity contribution in [3.05, 3.63) is 0 Å². The van der Waals surface area contributed by atoms with E-state index >= 15 is 0 Å². The van der Waals surface area contributed by atoms with Crippen LogP contribution in [0.5, 0.6) is 0 Å². The topological polar surface area (TPSA) is 58.9 Å². The van der Waals surface area contributed by atoms with Crippen molar-refractivity contribution in [1.82, 2.24) is 0 Å². The van der Waals surface area contributed by atoms with E-state index in [1.165, 1.54) is 7.11 Å². The second-order valence-electron chi connectivity index (χ2n) is 2.81. The Kier molecular flexibility index (Phi) is 2.84. The van der Waals surface area contributed by atoms with Crippen LogP contribution >= 0.6 is 0 Å². The highest BCUT2D eigenvalue weighted by Gasteiger charge is 2.39. The lowest BCUT2D eigenvalue weighted by atomic mass is 9.92. The van der Waals surface area contributed by atoms with Crippen molar-refractivity contribution in [1.29, 1.82) is 0 Å². The third-order valence-electron chi connectivity index (χ3n) is 2.11. The van der Waals surface area contributed by atoms with Crippen LogP contribution in [0.2, 0.25) is 0 Å². The summed E-state index contributed by atoms with van der Waals surface area (Å²) in [4.78, 5) is 0. The highest BCUT2D eigenvalue weighted by atomic mass is 16.5. The molecule has 2 unspecified atom stereocenters. The minimum atomic E-state index is -1.10. The SMILES string of the molecule is COC1COCCC1(O)CO. The zero-order valence-electron chi connectivity index (χ0n) is 6.62. The van der Waals surface area contributed by atoms with Gasteiger partial charge >= 0.3 is 0 Å². The molecule has 11 heavy (non-hydrogen) atoms. The van der Waals surface area contributed by atoms with E-state index in [2.05, 4.69) is 0 Å². The van der Waals surface area contributed by atoms with Crippen LogP contribution < -0.4 is 0 Å². The van der Waals surface area contributed by atoms with Gasteiger partial charge in [0.2, 0.25) is 0 Å². The Bertz CT molecular complexity index is 128. The van der Waals surface area contributed by atoms with Gasteiger partial charge in [-0.15, -0.1) is 0 Å². The molecule has 0 amide bonds. The average molecular weight is 162 g/mol. The number of ether oxygens (including phenoxy) is 2. The second-order valence-corrected chi connectivity index (χ2v) is 2.81. The molecule has 0 aromatic heterocycles. The third kappa shape index (κ3) is 1.70. The third-order valence-corrected chi connectivity index (χ3v) is 2.11. The van der Waals surface area contributed by atoms with E-state index in [1.54, 1.807) is 0 Å². The summed E-state index contributed by atoms with van der Waals surface area (Å²) in [5, 5.41) is 18.6. The first-order valence-electron chi connectivity index (χ1n) is 3.67. The van der Waals surface area contributed by atoms with E-state index in [0.717, 1.165) is 0 Å². The normalized spacial score (nSPS) is 39.0. The molecule has 0 aliphatic carbocycles. The first-order valence-corrected chi connectivity index (χ1v) is 3.67. The van der Waals surface area contributed by atoms with Crippen molar-refractivity contribution < 1.29 is 19.7 Å². The van der Waals surface area contributed by atoms with Crippen molar-refractivity contribution in [2.24, 2.45) is 0 Å². The quantitative estimate of drug-likeness (QED) is 0.555. The van der Waals surface area contributed by atoms with E-state index < -0.39 is 11.7 Å². The Balaban J connectivity index is 2.57. The van der Waals surface area contributed by atoms with E-state index in [1.807, 2.05) is 0 Å². The monoisotopic (exact) mass is 162 g/mol. The van der Waals surface area contributed by atoms with Gasteiger partial charge in [0.1, 0.15) is 11.7 Å². The van der Waals surface area contributed by atoms with Crippen LogP contribution in [0, 0.1) is 0 Å². The second kappa shape index (κ2) is 3.49.